The lowest BCUT2D eigenvalue weighted by Crippen LogP contribution is -2.35. The second-order valence-corrected chi connectivity index (χ2v) is 6.07. The maximum absolute atomic E-state index is 13.8. The number of rotatable bonds is 5. The lowest BCUT2D eigenvalue weighted by molar-refractivity contribution is -0.145. The minimum Gasteiger partial charge on any atom is -0.458 e. The van der Waals surface area contributed by atoms with E-state index in [1.165, 1.54) is 30.3 Å². The van der Waals surface area contributed by atoms with E-state index in [-0.39, 0.29) is 34.8 Å². The normalized spacial score (nSPS) is 13.0. The van der Waals surface area contributed by atoms with Gasteiger partial charge < -0.3 is 9.26 Å². The van der Waals surface area contributed by atoms with Crippen molar-refractivity contribution in [1.82, 2.24) is 10.1 Å². The number of halogens is 1. The Morgan fingerprint density at radius 1 is 1.00 bits per heavy atom. The number of amides is 2. The van der Waals surface area contributed by atoms with E-state index < -0.39 is 30.1 Å². The van der Waals surface area contributed by atoms with Crippen molar-refractivity contribution in [2.24, 2.45) is 0 Å². The van der Waals surface area contributed by atoms with Gasteiger partial charge in [-0.1, -0.05) is 29.4 Å². The second-order valence-electron chi connectivity index (χ2n) is 6.07. The number of hydrogen-bond donors (Lipinski definition) is 0. The molecule has 0 unspecified atom stereocenters. The van der Waals surface area contributed by atoms with Gasteiger partial charge in [-0.2, -0.15) is 0 Å². The van der Waals surface area contributed by atoms with Crippen molar-refractivity contribution in [2.75, 3.05) is 6.54 Å². The van der Waals surface area contributed by atoms with Crippen molar-refractivity contribution in [2.45, 2.75) is 6.61 Å². The lowest BCUT2D eigenvalue weighted by Gasteiger charge is -2.12. The van der Waals surface area contributed by atoms with Gasteiger partial charge in [0.1, 0.15) is 24.7 Å². The van der Waals surface area contributed by atoms with Crippen molar-refractivity contribution >= 4 is 17.8 Å². The minimum absolute atomic E-state index is 0.199. The third kappa shape index (κ3) is 3.16. The Hall–Kier alpha value is -3.81. The summed E-state index contributed by atoms with van der Waals surface area (Å²) in [5.74, 6) is -2.12. The number of carbonyl (C=O) groups is 3. The number of imide groups is 1. The first-order valence-corrected chi connectivity index (χ1v) is 8.36. The van der Waals surface area contributed by atoms with E-state index >= 15 is 0 Å². The molecule has 0 N–H and O–H groups in total. The first-order valence-electron chi connectivity index (χ1n) is 8.36. The molecule has 0 atom stereocenters. The van der Waals surface area contributed by atoms with Gasteiger partial charge in [-0.15, -0.1) is 0 Å². The molecule has 2 aromatic carbocycles. The molecule has 0 saturated carbocycles. The van der Waals surface area contributed by atoms with Gasteiger partial charge in [0, 0.05) is 6.07 Å². The summed E-state index contributed by atoms with van der Waals surface area (Å²) in [4.78, 5) is 37.4. The SMILES string of the molecule is O=C(CN1C(=O)c2ccccc2C1=O)OCc1cc(-c2ccccc2F)on1. The first kappa shape index (κ1) is 17.6. The highest BCUT2D eigenvalue weighted by Crippen LogP contribution is 2.24. The Labute approximate surface area is 158 Å². The third-order valence-corrected chi connectivity index (χ3v) is 4.24. The molecule has 1 aliphatic rings. The largest absolute Gasteiger partial charge is 0.458 e. The van der Waals surface area contributed by atoms with Gasteiger partial charge in [-0.3, -0.25) is 19.3 Å². The van der Waals surface area contributed by atoms with E-state index in [0.29, 0.717) is 0 Å². The molecule has 0 aliphatic carbocycles. The predicted molar refractivity (Wildman–Crippen MR) is 93.5 cm³/mol. The van der Waals surface area contributed by atoms with E-state index in [4.69, 9.17) is 9.26 Å². The Kier molecular flexibility index (Phi) is 4.44. The average Bonchev–Trinajstić information content (AvgIpc) is 3.26. The summed E-state index contributed by atoms with van der Waals surface area (Å²) >= 11 is 0. The zero-order chi connectivity index (χ0) is 19.7. The van der Waals surface area contributed by atoms with Crippen LogP contribution >= 0.6 is 0 Å². The molecule has 140 valence electrons. The highest BCUT2D eigenvalue weighted by atomic mass is 19.1. The van der Waals surface area contributed by atoms with Gasteiger partial charge in [-0.05, 0) is 24.3 Å². The molecule has 28 heavy (non-hydrogen) atoms. The summed E-state index contributed by atoms with van der Waals surface area (Å²) in [7, 11) is 0. The molecule has 1 aliphatic heterocycles. The van der Waals surface area contributed by atoms with Crippen LogP contribution in [0.5, 0.6) is 0 Å². The molecule has 4 rings (SSSR count). The summed E-state index contributed by atoms with van der Waals surface area (Å²) in [5, 5.41) is 3.73. The van der Waals surface area contributed by atoms with Gasteiger partial charge in [0.15, 0.2) is 5.76 Å². The second kappa shape index (κ2) is 7.07. The van der Waals surface area contributed by atoms with Crippen molar-refractivity contribution in [3.05, 3.63) is 77.2 Å². The van der Waals surface area contributed by atoms with Crippen LogP contribution in [0.3, 0.4) is 0 Å². The Balaban J connectivity index is 1.38. The van der Waals surface area contributed by atoms with E-state index in [1.807, 2.05) is 0 Å². The molecular formula is C20H13FN2O5. The van der Waals surface area contributed by atoms with Crippen LogP contribution in [0.15, 0.2) is 59.1 Å². The van der Waals surface area contributed by atoms with Gasteiger partial charge in [-0.25, -0.2) is 4.39 Å². The summed E-state index contributed by atoms with van der Waals surface area (Å²) in [6.07, 6.45) is 0. The monoisotopic (exact) mass is 380 g/mol. The van der Waals surface area contributed by atoms with Crippen LogP contribution in [0.2, 0.25) is 0 Å². The Morgan fingerprint density at radius 3 is 2.25 bits per heavy atom. The van der Waals surface area contributed by atoms with Crippen LogP contribution in [0.1, 0.15) is 26.4 Å². The number of esters is 1. The van der Waals surface area contributed by atoms with E-state index in [2.05, 4.69) is 5.16 Å². The summed E-state index contributed by atoms with van der Waals surface area (Å²) in [6, 6.07) is 13.8. The summed E-state index contributed by atoms with van der Waals surface area (Å²) < 4.78 is 23.9. The van der Waals surface area contributed by atoms with Gasteiger partial charge in [0.2, 0.25) is 0 Å². The first-order chi connectivity index (χ1) is 13.5. The maximum atomic E-state index is 13.8. The fraction of sp³-hybridized carbons (Fsp3) is 0.100. The zero-order valence-electron chi connectivity index (χ0n) is 14.4. The maximum Gasteiger partial charge on any atom is 0.326 e. The van der Waals surface area contributed by atoms with Crippen LogP contribution in [0.4, 0.5) is 4.39 Å². The van der Waals surface area contributed by atoms with Crippen LogP contribution in [0.25, 0.3) is 11.3 Å². The zero-order valence-corrected chi connectivity index (χ0v) is 14.4. The molecule has 0 bridgehead atoms. The van der Waals surface area contributed by atoms with Gasteiger partial charge in [0.05, 0.1) is 16.7 Å². The van der Waals surface area contributed by atoms with Crippen LogP contribution in [0, 0.1) is 5.82 Å². The topological polar surface area (TPSA) is 89.7 Å². The van der Waals surface area contributed by atoms with Crippen LogP contribution in [-0.4, -0.2) is 34.4 Å². The number of ether oxygens (including phenoxy) is 1. The molecule has 0 radical (unpaired) electrons. The quantitative estimate of drug-likeness (QED) is 0.499. The molecule has 2 amide bonds. The van der Waals surface area contributed by atoms with Gasteiger partial charge >= 0.3 is 5.97 Å². The van der Waals surface area contributed by atoms with Crippen LogP contribution < -0.4 is 0 Å². The van der Waals surface area contributed by atoms with Crippen molar-refractivity contribution in [3.63, 3.8) is 0 Å². The molecule has 7 nitrogen and oxygen atoms in total. The minimum atomic E-state index is -0.773. The molecule has 2 heterocycles. The lowest BCUT2D eigenvalue weighted by atomic mass is 10.1. The predicted octanol–water partition coefficient (Wildman–Crippen LogP) is 2.82. The van der Waals surface area contributed by atoms with Crippen molar-refractivity contribution in [1.29, 1.82) is 0 Å². The van der Waals surface area contributed by atoms with Crippen molar-refractivity contribution < 1.29 is 28.0 Å². The number of carbonyl (C=O) groups excluding carboxylic acids is 3. The molecule has 1 aromatic heterocycles. The standard InChI is InChI=1S/C20H13FN2O5/c21-16-8-4-3-7-15(16)17-9-12(22-28-17)11-27-18(24)10-23-19(25)13-5-1-2-6-14(13)20(23)26/h1-9H,10-11H2. The number of hydrogen-bond acceptors (Lipinski definition) is 6. The van der Waals surface area contributed by atoms with E-state index in [0.717, 1.165) is 4.90 Å². The fourth-order valence-electron chi connectivity index (χ4n) is 2.88. The Bertz CT molecular complexity index is 1060. The number of nitrogens with zero attached hydrogens (tertiary/aromatic N) is 2. The van der Waals surface area contributed by atoms with E-state index in [1.54, 1.807) is 24.3 Å². The molecule has 8 heteroatoms. The van der Waals surface area contributed by atoms with Crippen LogP contribution in [-0.2, 0) is 16.1 Å². The highest BCUT2D eigenvalue weighted by Gasteiger charge is 2.36. The summed E-state index contributed by atoms with van der Waals surface area (Å²) in [6.45, 7) is -0.746. The number of fused-ring (bicyclic) bond motifs is 1. The van der Waals surface area contributed by atoms with Crippen molar-refractivity contribution in [3.8, 4) is 11.3 Å². The Morgan fingerprint density at radius 2 is 1.61 bits per heavy atom. The number of benzene rings is 2. The van der Waals surface area contributed by atoms with E-state index in [9.17, 15) is 18.8 Å². The molecular weight excluding hydrogens is 367 g/mol. The number of aromatic nitrogens is 1. The average molecular weight is 380 g/mol. The summed E-state index contributed by atoms with van der Waals surface area (Å²) in [5.41, 5.74) is 1.02. The molecule has 0 fully saturated rings. The molecule has 3 aromatic rings. The fourth-order valence-corrected chi connectivity index (χ4v) is 2.88. The third-order valence-electron chi connectivity index (χ3n) is 4.24. The highest BCUT2D eigenvalue weighted by molar-refractivity contribution is 6.22. The molecule has 0 saturated heterocycles. The van der Waals surface area contributed by atoms with Gasteiger partial charge in [0.25, 0.3) is 11.8 Å². The molecule has 0 spiro atoms. The smallest absolute Gasteiger partial charge is 0.326 e.